The van der Waals surface area contributed by atoms with Crippen LogP contribution in [0.4, 0.5) is 0 Å². The standard InChI is InChI=1S/C48H34O2/c1-47(2)39-25-38-40(26-37(39)45-41(47)35-23-11-21-33(43(35)49-45)31-19-9-15-27-13-5-7-17-29(27)31)48(3,4)42-36-24-12-22-34(44(36)50-46(38)42)32-20-10-16-28-14-6-8-18-30(28)32/h5-26H,1-4H3. The molecular weight excluding hydrogens is 609 g/mol. The van der Waals surface area contributed by atoms with E-state index in [2.05, 4.69) is 161 Å². The van der Waals surface area contributed by atoms with Crippen molar-refractivity contribution >= 4 is 43.5 Å². The molecule has 238 valence electrons. The summed E-state index contributed by atoms with van der Waals surface area (Å²) in [7, 11) is 0. The first-order chi connectivity index (χ1) is 24.3. The summed E-state index contributed by atoms with van der Waals surface area (Å²) >= 11 is 0. The summed E-state index contributed by atoms with van der Waals surface area (Å²) < 4.78 is 14.1. The van der Waals surface area contributed by atoms with Crippen LogP contribution < -0.4 is 0 Å². The molecule has 2 heterocycles. The number of hydrogen-bond donors (Lipinski definition) is 0. The smallest absolute Gasteiger partial charge is 0.142 e. The first kappa shape index (κ1) is 28.0. The zero-order valence-corrected chi connectivity index (χ0v) is 28.5. The van der Waals surface area contributed by atoms with Gasteiger partial charge in [0.25, 0.3) is 0 Å². The number of para-hydroxylation sites is 2. The zero-order chi connectivity index (χ0) is 33.5. The summed E-state index contributed by atoms with van der Waals surface area (Å²) in [6.07, 6.45) is 0. The topological polar surface area (TPSA) is 26.3 Å². The van der Waals surface area contributed by atoms with Gasteiger partial charge in [0.15, 0.2) is 0 Å². The largest absolute Gasteiger partial charge is 0.455 e. The van der Waals surface area contributed by atoms with E-state index < -0.39 is 0 Å². The van der Waals surface area contributed by atoms with Gasteiger partial charge >= 0.3 is 0 Å². The quantitative estimate of drug-likeness (QED) is 0.188. The normalized spacial score (nSPS) is 15.1. The van der Waals surface area contributed by atoms with Gasteiger partial charge in [-0.2, -0.15) is 0 Å². The Morgan fingerprint density at radius 3 is 1.18 bits per heavy atom. The Morgan fingerprint density at radius 1 is 0.360 bits per heavy atom. The summed E-state index contributed by atoms with van der Waals surface area (Å²) in [6, 6.07) is 48.4. The van der Waals surface area contributed by atoms with E-state index in [0.717, 1.165) is 33.8 Å². The molecule has 50 heavy (non-hydrogen) atoms. The summed E-state index contributed by atoms with van der Waals surface area (Å²) in [6.45, 7) is 9.40. The molecule has 2 aromatic heterocycles. The van der Waals surface area contributed by atoms with Gasteiger partial charge in [0, 0.05) is 55.0 Å². The maximum absolute atomic E-state index is 7.04. The maximum Gasteiger partial charge on any atom is 0.142 e. The van der Waals surface area contributed by atoms with Crippen LogP contribution >= 0.6 is 0 Å². The Morgan fingerprint density at radius 2 is 0.720 bits per heavy atom. The summed E-state index contributed by atoms with van der Waals surface area (Å²) in [4.78, 5) is 0. The molecule has 0 saturated carbocycles. The minimum atomic E-state index is -0.255. The van der Waals surface area contributed by atoms with Crippen molar-refractivity contribution in [2.75, 3.05) is 0 Å². The first-order valence-corrected chi connectivity index (χ1v) is 17.6. The van der Waals surface area contributed by atoms with Crippen LogP contribution in [-0.4, -0.2) is 0 Å². The van der Waals surface area contributed by atoms with E-state index in [0.29, 0.717) is 0 Å². The molecular formula is C48H34O2. The lowest BCUT2D eigenvalue weighted by Gasteiger charge is -2.24. The fourth-order valence-electron chi connectivity index (χ4n) is 9.48. The van der Waals surface area contributed by atoms with Gasteiger partial charge < -0.3 is 8.83 Å². The molecule has 2 aliphatic rings. The highest BCUT2D eigenvalue weighted by molar-refractivity contribution is 6.09. The van der Waals surface area contributed by atoms with Crippen LogP contribution in [0.3, 0.4) is 0 Å². The number of hydrogen-bond acceptors (Lipinski definition) is 2. The molecule has 9 aromatic rings. The summed E-state index contributed by atoms with van der Waals surface area (Å²) in [5.41, 5.74) is 13.6. The van der Waals surface area contributed by atoms with Gasteiger partial charge in [-0.05, 0) is 55.9 Å². The Labute approximate surface area is 290 Å². The van der Waals surface area contributed by atoms with Crippen molar-refractivity contribution in [2.24, 2.45) is 0 Å². The Hall–Kier alpha value is -5.86. The van der Waals surface area contributed by atoms with Crippen LogP contribution in [0.5, 0.6) is 0 Å². The Balaban J connectivity index is 1.12. The summed E-state index contributed by atoms with van der Waals surface area (Å²) in [5, 5.41) is 7.33. The highest BCUT2D eigenvalue weighted by Gasteiger charge is 2.46. The van der Waals surface area contributed by atoms with Crippen molar-refractivity contribution in [1.82, 2.24) is 0 Å². The predicted octanol–water partition coefficient (Wildman–Crippen LogP) is 13.4. The maximum atomic E-state index is 7.04. The van der Waals surface area contributed by atoms with Gasteiger partial charge in [-0.1, -0.05) is 149 Å². The molecule has 0 spiro atoms. The SMILES string of the molecule is CC1(C)c2cc3c(cc2-c2oc4c(-c5cccc6ccccc56)cccc4c21)C(C)(C)c1c-3oc2c(-c3cccc4ccccc34)cccc12. The minimum Gasteiger partial charge on any atom is -0.455 e. The highest BCUT2D eigenvalue weighted by atomic mass is 16.3. The molecule has 0 bridgehead atoms. The van der Waals surface area contributed by atoms with E-state index in [1.165, 1.54) is 76.8 Å². The molecule has 11 rings (SSSR count). The average molecular weight is 643 g/mol. The average Bonchev–Trinajstić information content (AvgIpc) is 3.84. The van der Waals surface area contributed by atoms with Crippen molar-refractivity contribution in [2.45, 2.75) is 38.5 Å². The molecule has 0 atom stereocenters. The molecule has 7 aromatic carbocycles. The van der Waals surface area contributed by atoms with Crippen LogP contribution in [0.15, 0.2) is 142 Å². The van der Waals surface area contributed by atoms with Gasteiger partial charge in [0.05, 0.1) is 0 Å². The van der Waals surface area contributed by atoms with Crippen molar-refractivity contribution in [3.05, 3.63) is 156 Å². The monoisotopic (exact) mass is 642 g/mol. The van der Waals surface area contributed by atoms with Crippen LogP contribution in [0, 0.1) is 0 Å². The second-order valence-electron chi connectivity index (χ2n) is 15.2. The Kier molecular flexibility index (Phi) is 5.28. The molecule has 2 nitrogen and oxygen atoms in total. The van der Waals surface area contributed by atoms with Gasteiger partial charge in [-0.3, -0.25) is 0 Å². The van der Waals surface area contributed by atoms with E-state index in [-0.39, 0.29) is 10.8 Å². The third-order valence-electron chi connectivity index (χ3n) is 11.8. The van der Waals surface area contributed by atoms with Crippen molar-refractivity contribution in [1.29, 1.82) is 0 Å². The van der Waals surface area contributed by atoms with Gasteiger partial charge in [0.1, 0.15) is 22.7 Å². The lowest BCUT2D eigenvalue weighted by molar-refractivity contribution is 0.617. The minimum absolute atomic E-state index is 0.255. The molecule has 0 unspecified atom stereocenters. The van der Waals surface area contributed by atoms with Gasteiger partial charge in [-0.25, -0.2) is 0 Å². The van der Waals surface area contributed by atoms with E-state index >= 15 is 0 Å². The van der Waals surface area contributed by atoms with Crippen LogP contribution in [0.25, 0.3) is 88.4 Å². The van der Waals surface area contributed by atoms with Gasteiger partial charge in [-0.15, -0.1) is 0 Å². The summed E-state index contributed by atoms with van der Waals surface area (Å²) in [5.74, 6) is 2.00. The van der Waals surface area contributed by atoms with E-state index in [1.807, 2.05) is 0 Å². The second kappa shape index (κ2) is 9.43. The van der Waals surface area contributed by atoms with E-state index in [4.69, 9.17) is 8.83 Å². The molecule has 0 fully saturated rings. The van der Waals surface area contributed by atoms with Crippen LogP contribution in [-0.2, 0) is 10.8 Å². The molecule has 0 saturated heterocycles. The number of fused-ring (bicyclic) bond motifs is 12. The lowest BCUT2D eigenvalue weighted by atomic mass is 9.78. The second-order valence-corrected chi connectivity index (χ2v) is 15.2. The van der Waals surface area contributed by atoms with Crippen LogP contribution in [0.1, 0.15) is 49.9 Å². The Bertz CT molecular complexity index is 2710. The number of rotatable bonds is 2. The predicted molar refractivity (Wildman–Crippen MR) is 207 cm³/mol. The third-order valence-corrected chi connectivity index (χ3v) is 11.8. The highest BCUT2D eigenvalue weighted by Crippen LogP contribution is 2.60. The van der Waals surface area contributed by atoms with E-state index in [1.54, 1.807) is 0 Å². The molecule has 2 aliphatic carbocycles. The van der Waals surface area contributed by atoms with Gasteiger partial charge in [0.2, 0.25) is 0 Å². The molecule has 0 amide bonds. The first-order valence-electron chi connectivity index (χ1n) is 17.6. The molecule has 2 heteroatoms. The number of furan rings is 2. The fourth-order valence-corrected chi connectivity index (χ4v) is 9.48. The molecule has 0 radical (unpaired) electrons. The molecule has 0 aliphatic heterocycles. The van der Waals surface area contributed by atoms with Crippen LogP contribution in [0.2, 0.25) is 0 Å². The van der Waals surface area contributed by atoms with Crippen molar-refractivity contribution in [3.63, 3.8) is 0 Å². The van der Waals surface area contributed by atoms with Crippen molar-refractivity contribution in [3.8, 4) is 44.9 Å². The fraction of sp³-hybridized carbons (Fsp3) is 0.125. The lowest BCUT2D eigenvalue weighted by Crippen LogP contribution is -2.17. The third kappa shape index (κ3) is 3.43. The zero-order valence-electron chi connectivity index (χ0n) is 28.5. The number of benzene rings is 7. The molecule has 0 N–H and O–H groups in total. The van der Waals surface area contributed by atoms with E-state index in [9.17, 15) is 0 Å². The van der Waals surface area contributed by atoms with Crippen molar-refractivity contribution < 1.29 is 8.83 Å².